The van der Waals surface area contributed by atoms with E-state index in [2.05, 4.69) is 64.0 Å². The summed E-state index contributed by atoms with van der Waals surface area (Å²) in [7, 11) is 0. The molecule has 0 saturated heterocycles. The maximum Gasteiger partial charge on any atom is 2.00 e. The van der Waals surface area contributed by atoms with Crippen LogP contribution in [-0.2, 0) is 0 Å². The van der Waals surface area contributed by atoms with E-state index < -0.39 is 0 Å². The molecule has 0 unspecified atom stereocenters. The smallest absolute Gasteiger partial charge is 0.358 e. The topological polar surface area (TPSA) is 25.8 Å². The molecule has 0 radical (unpaired) electrons. The van der Waals surface area contributed by atoms with Crippen molar-refractivity contribution in [3.8, 4) is 20.9 Å². The fraction of sp³-hybridized carbons (Fsp3) is 0.321. The number of nitrogens with zero attached hydrogens (tertiary/aromatic N) is 2. The van der Waals surface area contributed by atoms with Gasteiger partial charge in [-0.1, -0.05) is 61.8 Å². The van der Waals surface area contributed by atoms with Crippen LogP contribution in [0.2, 0.25) is 0 Å². The molecule has 0 amide bonds. The van der Waals surface area contributed by atoms with Crippen molar-refractivity contribution in [1.29, 1.82) is 0 Å². The van der Waals surface area contributed by atoms with Crippen LogP contribution in [0.5, 0.6) is 0 Å². The average molecular weight is 786 g/mol. The van der Waals surface area contributed by atoms with E-state index in [-0.39, 0.29) is 38.5 Å². The number of hydrogen-bond donors (Lipinski definition) is 0. The number of aryl methyl sites for hydroxylation is 4. The Kier molecular flexibility index (Phi) is 25.2. The van der Waals surface area contributed by atoms with E-state index in [1.807, 2.05) is 84.0 Å². The Bertz CT molecular complexity index is 999. The van der Waals surface area contributed by atoms with Crippen molar-refractivity contribution >= 4 is 38.6 Å². The molecule has 0 saturated carbocycles. The first-order chi connectivity index (χ1) is 15.5. The Morgan fingerprint density at radius 1 is 0.676 bits per heavy atom. The maximum absolute atomic E-state index is 4.26. The van der Waals surface area contributed by atoms with Gasteiger partial charge >= 0.3 is 31.1 Å². The minimum Gasteiger partial charge on any atom is -0.358 e. The second-order valence-corrected chi connectivity index (χ2v) is 8.54. The van der Waals surface area contributed by atoms with Gasteiger partial charge in [0.15, 0.2) is 0 Å². The number of hydrogen-bond acceptors (Lipinski definition) is 4. The predicted octanol–water partition coefficient (Wildman–Crippen LogP) is 10.2. The third kappa shape index (κ3) is 13.4. The molecular formula is C28H39BrN2S2U. The van der Waals surface area contributed by atoms with Crippen molar-refractivity contribution in [2.24, 2.45) is 0 Å². The fourth-order valence-electron chi connectivity index (χ4n) is 2.44. The fourth-order valence-corrected chi connectivity index (χ4v) is 3.99. The van der Waals surface area contributed by atoms with Crippen LogP contribution in [0.4, 0.5) is 0 Å². The van der Waals surface area contributed by atoms with Gasteiger partial charge < -0.3 is 7.43 Å². The van der Waals surface area contributed by atoms with E-state index in [9.17, 15) is 0 Å². The first kappa shape index (κ1) is 37.8. The van der Waals surface area contributed by atoms with Crippen LogP contribution in [-0.4, -0.2) is 15.8 Å². The van der Waals surface area contributed by atoms with Crippen LogP contribution in [0.15, 0.2) is 54.9 Å². The van der Waals surface area contributed by atoms with Gasteiger partial charge in [0, 0.05) is 17.3 Å². The number of alkyl halides is 1. The van der Waals surface area contributed by atoms with Crippen LogP contribution in [0.25, 0.3) is 20.9 Å². The van der Waals surface area contributed by atoms with Gasteiger partial charge in [-0.05, 0) is 50.2 Å². The summed E-state index contributed by atoms with van der Waals surface area (Å²) >= 11 is 6.40. The molecule has 4 aromatic rings. The SMILES string of the molecule is CBr.CC.CC.Cc1ncc(-c2cc[c-]cc2)s1.Cc1ncc(-c2ccc(C)c(C)c2)s1.[CH3-].[U+2]. The zero-order chi connectivity index (χ0) is 24.5. The summed E-state index contributed by atoms with van der Waals surface area (Å²) < 4.78 is 0. The summed E-state index contributed by atoms with van der Waals surface area (Å²) in [6.45, 7) is 16.3. The molecule has 0 aliphatic carbocycles. The molecule has 6 heteroatoms. The van der Waals surface area contributed by atoms with Gasteiger partial charge in [0.2, 0.25) is 0 Å². The standard InChI is InChI=1S/C12H13NS.C10H8NS.2C2H6.CH3Br.CH3.U/c1-8-4-5-11(6-9(8)2)12-7-13-10(3)14-12;1-8-11-7-10(12-8)9-5-3-2-4-6-9;3*1-2;;/h4-7H,1-3H3;3-7H,1H3;2*1-2H3;1H3;1H3;/q;-1;;;;-1;+2. The molecule has 2 aromatic carbocycles. The van der Waals surface area contributed by atoms with Crippen molar-refractivity contribution in [2.45, 2.75) is 55.4 Å². The van der Waals surface area contributed by atoms with Crippen molar-refractivity contribution in [2.75, 3.05) is 5.83 Å². The Balaban J connectivity index is -0.000000445. The summed E-state index contributed by atoms with van der Waals surface area (Å²) in [5, 5.41) is 2.23. The van der Waals surface area contributed by atoms with E-state index in [0.29, 0.717) is 0 Å². The monoisotopic (exact) mass is 784 g/mol. The molecule has 184 valence electrons. The van der Waals surface area contributed by atoms with Gasteiger partial charge in [0.1, 0.15) is 0 Å². The Morgan fingerprint density at radius 2 is 1.12 bits per heavy atom. The number of aromatic nitrogens is 2. The minimum absolute atomic E-state index is 0. The molecule has 0 N–H and O–H groups in total. The molecule has 0 fully saturated rings. The molecule has 0 aliphatic rings. The number of thiazole rings is 2. The van der Waals surface area contributed by atoms with Gasteiger partial charge in [0.05, 0.1) is 14.9 Å². The van der Waals surface area contributed by atoms with Gasteiger partial charge in [-0.25, -0.2) is 9.97 Å². The zero-order valence-electron chi connectivity index (χ0n) is 22.3. The first-order valence-electron chi connectivity index (χ1n) is 10.8. The van der Waals surface area contributed by atoms with E-state index >= 15 is 0 Å². The summed E-state index contributed by atoms with van der Waals surface area (Å²) in [6.07, 6.45) is 3.86. The molecule has 0 spiro atoms. The molecule has 0 bridgehead atoms. The van der Waals surface area contributed by atoms with Crippen molar-refractivity contribution < 1.29 is 31.1 Å². The molecule has 34 heavy (non-hydrogen) atoms. The van der Waals surface area contributed by atoms with Gasteiger partial charge in [-0.2, -0.15) is 30.3 Å². The largest absolute Gasteiger partial charge is 2.00 e. The second-order valence-electron chi connectivity index (χ2n) is 6.07. The van der Waals surface area contributed by atoms with E-state index in [1.165, 1.54) is 32.0 Å². The predicted molar refractivity (Wildman–Crippen MR) is 157 cm³/mol. The summed E-state index contributed by atoms with van der Waals surface area (Å²) in [5.74, 6) is 1.81. The molecule has 0 atom stereocenters. The van der Waals surface area contributed by atoms with Crippen molar-refractivity contribution in [3.05, 3.63) is 89.5 Å². The maximum atomic E-state index is 4.26. The van der Waals surface area contributed by atoms with Crippen LogP contribution >= 0.6 is 38.6 Å². The van der Waals surface area contributed by atoms with Crippen LogP contribution in [0.3, 0.4) is 0 Å². The van der Waals surface area contributed by atoms with Crippen molar-refractivity contribution in [3.63, 3.8) is 0 Å². The summed E-state index contributed by atoms with van der Waals surface area (Å²) in [5.41, 5.74) is 5.18. The average Bonchev–Trinajstić information content (AvgIpc) is 3.49. The quantitative estimate of drug-likeness (QED) is 0.149. The second kappa shape index (κ2) is 22.7. The van der Waals surface area contributed by atoms with Gasteiger partial charge in [-0.3, -0.25) is 0 Å². The number of rotatable bonds is 2. The van der Waals surface area contributed by atoms with Crippen LogP contribution in [0.1, 0.15) is 48.8 Å². The molecule has 0 aliphatic heterocycles. The normalized spacial score (nSPS) is 8.41. The molecule has 2 nitrogen and oxygen atoms in total. The number of halogens is 1. The van der Waals surface area contributed by atoms with E-state index in [1.54, 1.807) is 22.7 Å². The van der Waals surface area contributed by atoms with E-state index in [0.717, 1.165) is 10.0 Å². The van der Waals surface area contributed by atoms with Gasteiger partial charge in [-0.15, -0.1) is 28.2 Å². The number of benzene rings is 2. The third-order valence-electron chi connectivity index (χ3n) is 4.04. The van der Waals surface area contributed by atoms with E-state index in [4.69, 9.17) is 0 Å². The summed E-state index contributed by atoms with van der Waals surface area (Å²) in [6, 6.07) is 17.5. The van der Waals surface area contributed by atoms with Gasteiger partial charge in [0.25, 0.3) is 0 Å². The molecule has 4 rings (SSSR count). The zero-order valence-corrected chi connectivity index (χ0v) is 29.7. The first-order valence-corrected chi connectivity index (χ1v) is 14.0. The molecule has 2 aromatic heterocycles. The Labute approximate surface area is 249 Å². The van der Waals surface area contributed by atoms with Crippen LogP contribution < -0.4 is 0 Å². The Hall–Kier alpha value is -0.768. The molecule has 2 heterocycles. The summed E-state index contributed by atoms with van der Waals surface area (Å²) in [4.78, 5) is 10.9. The third-order valence-corrected chi connectivity index (χ3v) is 5.96. The van der Waals surface area contributed by atoms with Crippen molar-refractivity contribution in [1.82, 2.24) is 9.97 Å². The Morgan fingerprint density at radius 3 is 1.50 bits per heavy atom. The molecular weight excluding hydrogens is 746 g/mol. The minimum atomic E-state index is 0. The van der Waals surface area contributed by atoms with Crippen LogP contribution in [0, 0.1) is 72.3 Å².